The second-order valence-electron chi connectivity index (χ2n) is 7.94. The standard InChI is InChI=1S/C25H28N4O4/c1-26-23(30)22(24(31)28-33)29(2)25(32)20-14-12-18(13-15-20)7-6-17-8-10-19(11-9-17)16-27-21-4-3-5-21/h8-15,21-22,27,33H,3-5,16H2,1-2H3,(H,26,30)(H,28,31). The van der Waals surface area contributed by atoms with E-state index in [0.717, 1.165) is 22.6 Å². The average Bonchev–Trinajstić information content (AvgIpc) is 2.82. The lowest BCUT2D eigenvalue weighted by atomic mass is 9.93. The molecule has 172 valence electrons. The van der Waals surface area contributed by atoms with Gasteiger partial charge in [-0.25, -0.2) is 5.48 Å². The molecule has 2 aromatic rings. The van der Waals surface area contributed by atoms with Crippen LogP contribution in [0.1, 0.15) is 46.3 Å². The van der Waals surface area contributed by atoms with Crippen LogP contribution in [0, 0.1) is 11.8 Å². The molecule has 8 heteroatoms. The summed E-state index contributed by atoms with van der Waals surface area (Å²) in [5, 5.41) is 14.7. The minimum Gasteiger partial charge on any atom is -0.357 e. The molecule has 0 aliphatic heterocycles. The highest BCUT2D eigenvalue weighted by Gasteiger charge is 2.33. The maximum absolute atomic E-state index is 12.7. The first-order valence-corrected chi connectivity index (χ1v) is 10.8. The van der Waals surface area contributed by atoms with E-state index in [1.54, 1.807) is 24.3 Å². The third kappa shape index (κ3) is 6.19. The fraction of sp³-hybridized carbons (Fsp3) is 0.320. The van der Waals surface area contributed by atoms with Crippen LogP contribution in [0.5, 0.6) is 0 Å². The molecule has 3 amide bonds. The van der Waals surface area contributed by atoms with Crippen molar-refractivity contribution >= 4 is 17.7 Å². The van der Waals surface area contributed by atoms with Gasteiger partial charge in [-0.1, -0.05) is 30.4 Å². The molecular formula is C25H28N4O4. The van der Waals surface area contributed by atoms with Gasteiger partial charge in [0.1, 0.15) is 0 Å². The van der Waals surface area contributed by atoms with Gasteiger partial charge in [-0.3, -0.25) is 19.6 Å². The van der Waals surface area contributed by atoms with Crippen LogP contribution in [0.25, 0.3) is 0 Å². The minimum atomic E-state index is -1.50. The van der Waals surface area contributed by atoms with Crippen LogP contribution < -0.4 is 16.1 Å². The van der Waals surface area contributed by atoms with E-state index >= 15 is 0 Å². The lowest BCUT2D eigenvalue weighted by molar-refractivity contribution is -0.140. The van der Waals surface area contributed by atoms with Crippen LogP contribution in [0.2, 0.25) is 0 Å². The molecule has 8 nitrogen and oxygen atoms in total. The van der Waals surface area contributed by atoms with Gasteiger partial charge in [0.2, 0.25) is 0 Å². The summed E-state index contributed by atoms with van der Waals surface area (Å²) in [7, 11) is 2.65. The quantitative estimate of drug-likeness (QED) is 0.222. The Morgan fingerprint density at radius 1 is 1.00 bits per heavy atom. The Hall–Kier alpha value is -3.67. The molecule has 0 aromatic heterocycles. The van der Waals surface area contributed by atoms with Gasteiger partial charge in [0.05, 0.1) is 0 Å². The molecule has 0 spiro atoms. The van der Waals surface area contributed by atoms with Gasteiger partial charge >= 0.3 is 0 Å². The first-order chi connectivity index (χ1) is 15.9. The number of amides is 3. The van der Waals surface area contributed by atoms with Crippen LogP contribution in [-0.2, 0) is 16.1 Å². The second kappa shape index (κ2) is 11.3. The number of nitrogens with one attached hydrogen (secondary N) is 3. The van der Waals surface area contributed by atoms with E-state index < -0.39 is 23.8 Å². The second-order valence-corrected chi connectivity index (χ2v) is 7.94. The number of rotatable bonds is 7. The van der Waals surface area contributed by atoms with Gasteiger partial charge in [-0.2, -0.15) is 0 Å². The monoisotopic (exact) mass is 448 g/mol. The van der Waals surface area contributed by atoms with E-state index in [2.05, 4.69) is 34.6 Å². The summed E-state index contributed by atoms with van der Waals surface area (Å²) in [6.07, 6.45) is 3.84. The zero-order valence-electron chi connectivity index (χ0n) is 18.7. The number of hydrogen-bond acceptors (Lipinski definition) is 5. The van der Waals surface area contributed by atoms with E-state index in [4.69, 9.17) is 5.21 Å². The molecule has 4 N–H and O–H groups in total. The zero-order chi connectivity index (χ0) is 23.8. The van der Waals surface area contributed by atoms with Gasteiger partial charge in [-0.15, -0.1) is 0 Å². The summed E-state index contributed by atoms with van der Waals surface area (Å²) >= 11 is 0. The number of hydroxylamine groups is 1. The summed E-state index contributed by atoms with van der Waals surface area (Å²) < 4.78 is 0. The van der Waals surface area contributed by atoms with Crippen molar-refractivity contribution in [3.8, 4) is 11.8 Å². The maximum atomic E-state index is 12.7. The van der Waals surface area contributed by atoms with E-state index in [1.165, 1.54) is 44.4 Å². The highest BCUT2D eigenvalue weighted by atomic mass is 16.5. The largest absolute Gasteiger partial charge is 0.357 e. The molecule has 0 radical (unpaired) electrons. The van der Waals surface area contributed by atoms with E-state index in [1.807, 2.05) is 12.1 Å². The Kier molecular flexibility index (Phi) is 8.19. The summed E-state index contributed by atoms with van der Waals surface area (Å²) in [6.45, 7) is 0.864. The predicted octanol–water partition coefficient (Wildman–Crippen LogP) is 1.42. The van der Waals surface area contributed by atoms with Crippen molar-refractivity contribution in [2.75, 3.05) is 14.1 Å². The van der Waals surface area contributed by atoms with Crippen molar-refractivity contribution in [2.24, 2.45) is 0 Å². The van der Waals surface area contributed by atoms with Crippen LogP contribution in [0.15, 0.2) is 48.5 Å². The van der Waals surface area contributed by atoms with Crippen molar-refractivity contribution < 1.29 is 19.6 Å². The van der Waals surface area contributed by atoms with E-state index in [0.29, 0.717) is 6.04 Å². The fourth-order valence-corrected chi connectivity index (χ4v) is 3.41. The van der Waals surface area contributed by atoms with Crippen LogP contribution in [0.3, 0.4) is 0 Å². The number of likely N-dealkylation sites (N-methyl/N-ethyl adjacent to an activating group) is 2. The smallest absolute Gasteiger partial charge is 0.275 e. The molecule has 1 atom stereocenters. The van der Waals surface area contributed by atoms with E-state index in [9.17, 15) is 14.4 Å². The predicted molar refractivity (Wildman–Crippen MR) is 123 cm³/mol. The SMILES string of the molecule is CNC(=O)C(C(=O)NO)N(C)C(=O)c1ccc(C#Cc2ccc(CNC3CCC3)cc2)cc1. The van der Waals surface area contributed by atoms with Crippen molar-refractivity contribution in [1.29, 1.82) is 0 Å². The molecule has 3 rings (SSSR count). The highest BCUT2D eigenvalue weighted by Crippen LogP contribution is 2.18. The van der Waals surface area contributed by atoms with Crippen LogP contribution in [0.4, 0.5) is 0 Å². The Bertz CT molecular complexity index is 1030. The van der Waals surface area contributed by atoms with Crippen molar-refractivity contribution in [3.05, 3.63) is 70.8 Å². The normalized spacial score (nSPS) is 13.7. The Morgan fingerprint density at radius 2 is 1.58 bits per heavy atom. The average molecular weight is 449 g/mol. The summed E-state index contributed by atoms with van der Waals surface area (Å²) in [5.74, 6) is 3.92. The van der Waals surface area contributed by atoms with Gasteiger partial charge in [-0.05, 0) is 54.8 Å². The highest BCUT2D eigenvalue weighted by molar-refractivity contribution is 6.08. The molecule has 1 aliphatic rings. The topological polar surface area (TPSA) is 111 Å². The molecule has 1 unspecified atom stereocenters. The van der Waals surface area contributed by atoms with Gasteiger partial charge in [0.25, 0.3) is 17.7 Å². The first kappa shape index (κ1) is 24.0. The van der Waals surface area contributed by atoms with Crippen molar-refractivity contribution in [2.45, 2.75) is 37.9 Å². The molecule has 0 bridgehead atoms. The summed E-state index contributed by atoms with van der Waals surface area (Å²) in [5.41, 5.74) is 4.54. The lowest BCUT2D eigenvalue weighted by Crippen LogP contribution is -2.54. The Labute approximate surface area is 193 Å². The van der Waals surface area contributed by atoms with Crippen LogP contribution >= 0.6 is 0 Å². The zero-order valence-corrected chi connectivity index (χ0v) is 18.7. The summed E-state index contributed by atoms with van der Waals surface area (Å²) in [6, 6.07) is 13.8. The van der Waals surface area contributed by atoms with Gasteiger partial charge < -0.3 is 15.5 Å². The summed E-state index contributed by atoms with van der Waals surface area (Å²) in [4.78, 5) is 37.5. The number of nitrogens with zero attached hydrogens (tertiary/aromatic N) is 1. The van der Waals surface area contributed by atoms with E-state index in [-0.39, 0.29) is 5.56 Å². The molecule has 1 saturated carbocycles. The number of carbonyl (C=O) groups is 3. The Morgan fingerprint density at radius 3 is 2.06 bits per heavy atom. The van der Waals surface area contributed by atoms with Crippen molar-refractivity contribution in [1.82, 2.24) is 21.0 Å². The van der Waals surface area contributed by atoms with Crippen LogP contribution in [-0.4, -0.2) is 54.0 Å². The third-order valence-corrected chi connectivity index (χ3v) is 5.70. The molecule has 33 heavy (non-hydrogen) atoms. The molecule has 1 aliphatic carbocycles. The minimum absolute atomic E-state index is 0.283. The maximum Gasteiger partial charge on any atom is 0.275 e. The molecule has 0 heterocycles. The van der Waals surface area contributed by atoms with Gasteiger partial charge in [0.15, 0.2) is 6.04 Å². The Balaban J connectivity index is 1.63. The number of carbonyl (C=O) groups excluding carboxylic acids is 3. The lowest BCUT2D eigenvalue weighted by Gasteiger charge is -2.26. The third-order valence-electron chi connectivity index (χ3n) is 5.70. The molecule has 0 saturated heterocycles. The molecule has 2 aromatic carbocycles. The molecule has 1 fully saturated rings. The van der Waals surface area contributed by atoms with Crippen molar-refractivity contribution in [3.63, 3.8) is 0 Å². The number of hydrogen-bond donors (Lipinski definition) is 4. The molecular weight excluding hydrogens is 420 g/mol. The first-order valence-electron chi connectivity index (χ1n) is 10.8. The fourth-order valence-electron chi connectivity index (χ4n) is 3.41. The number of benzene rings is 2. The van der Waals surface area contributed by atoms with Gasteiger partial charge in [0, 0.05) is 43.4 Å².